The Balaban J connectivity index is 0.00000361. The third-order valence-electron chi connectivity index (χ3n) is 2.46. The largest absolute Gasteiger partial charge is 0.383 e. The molecule has 0 aliphatic rings. The molecule has 6 heteroatoms. The fourth-order valence-corrected chi connectivity index (χ4v) is 2.45. The van der Waals surface area contributed by atoms with Crippen LogP contribution in [0.15, 0.2) is 40.2 Å². The van der Waals surface area contributed by atoms with Crippen molar-refractivity contribution in [1.29, 1.82) is 0 Å². The molecule has 0 aliphatic carbocycles. The van der Waals surface area contributed by atoms with Gasteiger partial charge >= 0.3 is 0 Å². The number of halogens is 1. The van der Waals surface area contributed by atoms with Gasteiger partial charge in [-0.2, -0.15) is 0 Å². The minimum atomic E-state index is 0. The summed E-state index contributed by atoms with van der Waals surface area (Å²) in [5.41, 5.74) is 0. The summed E-state index contributed by atoms with van der Waals surface area (Å²) >= 11 is 1.85. The van der Waals surface area contributed by atoms with E-state index in [0.717, 1.165) is 19.0 Å². The van der Waals surface area contributed by atoms with Crippen LogP contribution in [0.2, 0.25) is 0 Å². The molecule has 0 aliphatic heterocycles. The minimum Gasteiger partial charge on any atom is -0.383 e. The van der Waals surface area contributed by atoms with Crippen LogP contribution in [-0.4, -0.2) is 45.1 Å². The Morgan fingerprint density at radius 3 is 2.60 bits per heavy atom. The normalized spacial score (nSPS) is 12.4. The van der Waals surface area contributed by atoms with Gasteiger partial charge in [-0.3, -0.25) is 4.99 Å². The second kappa shape index (κ2) is 12.3. The molecular weight excluding hydrogens is 385 g/mol. The van der Waals surface area contributed by atoms with E-state index in [9.17, 15) is 0 Å². The number of thioether (sulfide) groups is 1. The van der Waals surface area contributed by atoms with Crippen molar-refractivity contribution < 1.29 is 4.74 Å². The Kier molecular flexibility index (Phi) is 12.0. The molecule has 4 nitrogen and oxygen atoms in total. The number of nitrogens with zero attached hydrogens (tertiary/aromatic N) is 1. The molecule has 2 N–H and O–H groups in total. The zero-order valence-corrected chi connectivity index (χ0v) is 15.4. The van der Waals surface area contributed by atoms with Gasteiger partial charge in [0.2, 0.25) is 0 Å². The van der Waals surface area contributed by atoms with Crippen LogP contribution in [0.1, 0.15) is 6.92 Å². The lowest BCUT2D eigenvalue weighted by atomic mass is 10.4. The molecule has 1 aromatic carbocycles. The third-order valence-corrected chi connectivity index (χ3v) is 3.57. The molecule has 0 fully saturated rings. The van der Waals surface area contributed by atoms with Crippen molar-refractivity contribution in [3.8, 4) is 0 Å². The molecule has 20 heavy (non-hydrogen) atoms. The monoisotopic (exact) mass is 409 g/mol. The van der Waals surface area contributed by atoms with Gasteiger partial charge in [-0.1, -0.05) is 25.1 Å². The smallest absolute Gasteiger partial charge is 0.191 e. The van der Waals surface area contributed by atoms with E-state index in [1.165, 1.54) is 4.90 Å². The van der Waals surface area contributed by atoms with Crippen LogP contribution in [0.5, 0.6) is 0 Å². The average molecular weight is 409 g/mol. The van der Waals surface area contributed by atoms with Gasteiger partial charge < -0.3 is 15.4 Å². The molecule has 0 heterocycles. The van der Waals surface area contributed by atoms with Crippen molar-refractivity contribution in [3.05, 3.63) is 30.3 Å². The van der Waals surface area contributed by atoms with Crippen LogP contribution >= 0.6 is 35.7 Å². The molecule has 0 aromatic heterocycles. The van der Waals surface area contributed by atoms with E-state index >= 15 is 0 Å². The van der Waals surface area contributed by atoms with E-state index in [1.807, 2.05) is 17.8 Å². The first-order valence-corrected chi connectivity index (χ1v) is 7.29. The van der Waals surface area contributed by atoms with Gasteiger partial charge in [0.05, 0.1) is 6.61 Å². The number of nitrogens with one attached hydrogen (secondary N) is 2. The van der Waals surface area contributed by atoms with Gasteiger partial charge in [-0.05, 0) is 12.1 Å². The van der Waals surface area contributed by atoms with Crippen molar-refractivity contribution in [2.45, 2.75) is 17.1 Å². The van der Waals surface area contributed by atoms with Gasteiger partial charge in [-0.25, -0.2) is 0 Å². The molecule has 1 atom stereocenters. The van der Waals surface area contributed by atoms with Crippen LogP contribution in [0.4, 0.5) is 0 Å². The first kappa shape index (κ1) is 19.5. The van der Waals surface area contributed by atoms with Crippen LogP contribution < -0.4 is 10.6 Å². The molecule has 0 bridgehead atoms. The molecule has 0 radical (unpaired) electrons. The topological polar surface area (TPSA) is 45.7 Å². The van der Waals surface area contributed by atoms with Crippen molar-refractivity contribution in [1.82, 2.24) is 10.6 Å². The summed E-state index contributed by atoms with van der Waals surface area (Å²) in [5.74, 6) is 0.817. The third kappa shape index (κ3) is 8.65. The maximum absolute atomic E-state index is 4.99. The predicted molar refractivity (Wildman–Crippen MR) is 98.4 cm³/mol. The van der Waals surface area contributed by atoms with E-state index in [2.05, 4.69) is 46.8 Å². The number of methoxy groups -OCH3 is 1. The molecule has 1 unspecified atom stereocenters. The van der Waals surface area contributed by atoms with Gasteiger partial charge in [0.25, 0.3) is 0 Å². The number of guanidine groups is 1. The van der Waals surface area contributed by atoms with Crippen LogP contribution in [0.25, 0.3) is 0 Å². The molecule has 1 rings (SSSR count). The summed E-state index contributed by atoms with van der Waals surface area (Å²) in [6.07, 6.45) is 0. The second-order valence-corrected chi connectivity index (χ2v) is 5.63. The highest BCUT2D eigenvalue weighted by Gasteiger charge is 2.05. The lowest BCUT2D eigenvalue weighted by Gasteiger charge is -2.15. The van der Waals surface area contributed by atoms with E-state index < -0.39 is 0 Å². The van der Waals surface area contributed by atoms with Crippen molar-refractivity contribution in [2.24, 2.45) is 4.99 Å². The summed E-state index contributed by atoms with van der Waals surface area (Å²) in [7, 11) is 3.47. The summed E-state index contributed by atoms with van der Waals surface area (Å²) < 4.78 is 4.99. The Morgan fingerprint density at radius 2 is 2.00 bits per heavy atom. The quantitative estimate of drug-likeness (QED) is 0.239. The highest BCUT2D eigenvalue weighted by Crippen LogP contribution is 2.21. The van der Waals surface area contributed by atoms with Crippen LogP contribution in [-0.2, 0) is 4.74 Å². The standard InChI is InChI=1S/C14H23N3OS.HI/c1-12(19-13-7-5-4-6-8-13)11-17-14(15-2)16-9-10-18-3;/h4-8,12H,9-11H2,1-3H3,(H2,15,16,17);1H. The first-order valence-electron chi connectivity index (χ1n) is 6.41. The zero-order valence-electron chi connectivity index (χ0n) is 12.3. The number of hydrogen-bond donors (Lipinski definition) is 2. The van der Waals surface area contributed by atoms with Gasteiger partial charge in [0.15, 0.2) is 5.96 Å². The van der Waals surface area contributed by atoms with Crippen LogP contribution in [0.3, 0.4) is 0 Å². The predicted octanol–water partition coefficient (Wildman–Crippen LogP) is 2.60. The summed E-state index contributed by atoms with van der Waals surface area (Å²) in [6, 6.07) is 10.4. The van der Waals surface area contributed by atoms with E-state index in [4.69, 9.17) is 4.74 Å². The average Bonchev–Trinajstić information content (AvgIpc) is 2.44. The maximum atomic E-state index is 4.99. The second-order valence-electron chi connectivity index (χ2n) is 4.11. The van der Waals surface area contributed by atoms with Gasteiger partial charge in [0, 0.05) is 37.4 Å². The minimum absolute atomic E-state index is 0. The number of benzene rings is 1. The molecule has 114 valence electrons. The van der Waals surface area contributed by atoms with E-state index in [0.29, 0.717) is 11.9 Å². The molecule has 0 saturated carbocycles. The summed E-state index contributed by atoms with van der Waals surface area (Å²) in [5, 5.41) is 6.98. The SMILES string of the molecule is CN=C(NCCOC)NCC(C)Sc1ccccc1.I. The van der Waals surface area contributed by atoms with Crippen molar-refractivity contribution >= 4 is 41.7 Å². The Bertz CT molecular complexity index is 376. The lowest BCUT2D eigenvalue weighted by molar-refractivity contribution is 0.203. The number of aliphatic imine (C=N–C) groups is 1. The van der Waals surface area contributed by atoms with Crippen molar-refractivity contribution in [2.75, 3.05) is 33.9 Å². The molecule has 1 aromatic rings. The maximum Gasteiger partial charge on any atom is 0.191 e. The summed E-state index contributed by atoms with van der Waals surface area (Å²) in [4.78, 5) is 5.46. The molecule has 0 saturated heterocycles. The highest BCUT2D eigenvalue weighted by molar-refractivity contribution is 14.0. The van der Waals surface area contributed by atoms with Crippen molar-refractivity contribution in [3.63, 3.8) is 0 Å². The fraction of sp³-hybridized carbons (Fsp3) is 0.500. The molecular formula is C14H24IN3OS. The Labute approximate surface area is 143 Å². The Morgan fingerprint density at radius 1 is 1.30 bits per heavy atom. The van der Waals surface area contributed by atoms with E-state index in [1.54, 1.807) is 14.2 Å². The highest BCUT2D eigenvalue weighted by atomic mass is 127. The lowest BCUT2D eigenvalue weighted by Crippen LogP contribution is -2.41. The fourth-order valence-electron chi connectivity index (χ4n) is 1.51. The number of rotatable bonds is 7. The Hall–Kier alpha value is -0.470. The van der Waals surface area contributed by atoms with Gasteiger partial charge in [0.1, 0.15) is 0 Å². The van der Waals surface area contributed by atoms with Crippen LogP contribution in [0, 0.1) is 0 Å². The zero-order chi connectivity index (χ0) is 13.9. The number of hydrogen-bond acceptors (Lipinski definition) is 3. The van der Waals surface area contributed by atoms with Gasteiger partial charge in [-0.15, -0.1) is 35.7 Å². The first-order chi connectivity index (χ1) is 9.26. The molecule has 0 spiro atoms. The number of ether oxygens (including phenoxy) is 1. The van der Waals surface area contributed by atoms with E-state index in [-0.39, 0.29) is 24.0 Å². The summed E-state index contributed by atoms with van der Waals surface area (Å²) in [6.45, 7) is 4.50. The molecule has 0 amide bonds.